The van der Waals surface area contributed by atoms with Crippen molar-refractivity contribution in [1.29, 1.82) is 0 Å². The molecular formula is C27H28N2O5. The van der Waals surface area contributed by atoms with Crippen LogP contribution in [0, 0.1) is 0 Å². The molecule has 0 radical (unpaired) electrons. The number of aliphatic hydroxyl groups is 1. The Balaban J connectivity index is 1.28. The summed E-state index contributed by atoms with van der Waals surface area (Å²) >= 11 is 0. The van der Waals surface area contributed by atoms with Gasteiger partial charge in [0.05, 0.1) is 18.9 Å². The van der Waals surface area contributed by atoms with Crippen molar-refractivity contribution < 1.29 is 24.2 Å². The predicted molar refractivity (Wildman–Crippen MR) is 128 cm³/mol. The lowest BCUT2D eigenvalue weighted by molar-refractivity contribution is 0.0318. The molecule has 176 valence electrons. The van der Waals surface area contributed by atoms with E-state index in [0.717, 1.165) is 39.7 Å². The number of hydrogen-bond acceptors (Lipinski definition) is 7. The Kier molecular flexibility index (Phi) is 6.65. The molecule has 7 nitrogen and oxygen atoms in total. The Hall–Kier alpha value is -3.55. The van der Waals surface area contributed by atoms with Gasteiger partial charge in [0.1, 0.15) is 11.9 Å². The van der Waals surface area contributed by atoms with Crippen LogP contribution >= 0.6 is 0 Å². The lowest BCUT2D eigenvalue weighted by atomic mass is 10.0. The number of aliphatic hydroxyl groups excluding tert-OH is 1. The number of hydrogen-bond donors (Lipinski definition) is 1. The van der Waals surface area contributed by atoms with E-state index < -0.39 is 6.10 Å². The average Bonchev–Trinajstić information content (AvgIpc) is 3.53. The zero-order valence-electron chi connectivity index (χ0n) is 19.1. The van der Waals surface area contributed by atoms with Gasteiger partial charge >= 0.3 is 0 Å². The first kappa shape index (κ1) is 22.3. The molecule has 0 saturated heterocycles. The maximum Gasteiger partial charge on any atom is 0.231 e. The van der Waals surface area contributed by atoms with E-state index in [9.17, 15) is 5.11 Å². The molecule has 0 aliphatic carbocycles. The normalized spacial score (nSPS) is 17.4. The van der Waals surface area contributed by atoms with E-state index in [1.54, 1.807) is 7.11 Å². The minimum Gasteiger partial charge on any atom is -0.497 e. The van der Waals surface area contributed by atoms with Gasteiger partial charge in [0.2, 0.25) is 6.79 Å². The second-order valence-electron chi connectivity index (χ2n) is 8.51. The van der Waals surface area contributed by atoms with Gasteiger partial charge in [-0.3, -0.25) is 4.90 Å². The summed E-state index contributed by atoms with van der Waals surface area (Å²) in [7, 11) is 1.66. The third-order valence-electron chi connectivity index (χ3n) is 6.06. The maximum atomic E-state index is 10.9. The summed E-state index contributed by atoms with van der Waals surface area (Å²) in [4.78, 5) is 8.01. The Morgan fingerprint density at radius 2 is 1.88 bits per heavy atom. The Morgan fingerprint density at radius 1 is 1.03 bits per heavy atom. The monoisotopic (exact) mass is 460 g/mol. The van der Waals surface area contributed by atoms with E-state index in [2.05, 4.69) is 16.1 Å². The molecule has 0 spiro atoms. The summed E-state index contributed by atoms with van der Waals surface area (Å²) in [6, 6.07) is 23.5. The average molecular weight is 461 g/mol. The van der Waals surface area contributed by atoms with Crippen molar-refractivity contribution in [3.63, 3.8) is 0 Å². The van der Waals surface area contributed by atoms with Crippen LogP contribution in [0.1, 0.15) is 29.2 Å². The molecule has 2 atom stereocenters. The zero-order chi connectivity index (χ0) is 23.3. The number of oxime groups is 1. The van der Waals surface area contributed by atoms with E-state index in [4.69, 9.17) is 19.0 Å². The van der Waals surface area contributed by atoms with Crippen LogP contribution in [0.15, 0.2) is 78.0 Å². The molecule has 1 N–H and O–H groups in total. The highest BCUT2D eigenvalue weighted by atomic mass is 16.7. The third-order valence-corrected chi connectivity index (χ3v) is 6.06. The van der Waals surface area contributed by atoms with Gasteiger partial charge < -0.3 is 24.2 Å². The summed E-state index contributed by atoms with van der Waals surface area (Å²) in [5.74, 6) is 2.29. The van der Waals surface area contributed by atoms with Gasteiger partial charge in [-0.25, -0.2) is 0 Å². The highest BCUT2D eigenvalue weighted by Gasteiger charge is 2.27. The molecule has 3 aromatic rings. The third kappa shape index (κ3) is 5.16. The van der Waals surface area contributed by atoms with Gasteiger partial charge in [-0.05, 0) is 41.5 Å². The number of methoxy groups -OCH3 is 1. The van der Waals surface area contributed by atoms with Crippen molar-refractivity contribution >= 4 is 5.71 Å². The first-order chi connectivity index (χ1) is 16.7. The lowest BCUT2D eigenvalue weighted by Crippen LogP contribution is -2.35. The van der Waals surface area contributed by atoms with E-state index in [1.807, 2.05) is 66.7 Å². The molecular weight excluding hydrogens is 432 g/mol. The summed E-state index contributed by atoms with van der Waals surface area (Å²) in [6.07, 6.45) is -0.0492. The van der Waals surface area contributed by atoms with Gasteiger partial charge in [0.25, 0.3) is 0 Å². The van der Waals surface area contributed by atoms with Crippen LogP contribution in [-0.4, -0.2) is 48.8 Å². The molecule has 0 aromatic heterocycles. The van der Waals surface area contributed by atoms with E-state index in [0.29, 0.717) is 26.1 Å². The fourth-order valence-electron chi connectivity index (χ4n) is 4.32. The molecule has 0 fully saturated rings. The van der Waals surface area contributed by atoms with E-state index in [1.165, 1.54) is 0 Å². The molecule has 5 rings (SSSR count). The fourth-order valence-corrected chi connectivity index (χ4v) is 4.32. The molecule has 34 heavy (non-hydrogen) atoms. The Labute approximate surface area is 199 Å². The van der Waals surface area contributed by atoms with Crippen LogP contribution in [0.2, 0.25) is 0 Å². The van der Waals surface area contributed by atoms with Crippen molar-refractivity contribution in [3.05, 3.63) is 89.5 Å². The smallest absolute Gasteiger partial charge is 0.231 e. The molecule has 2 aliphatic heterocycles. The number of ether oxygens (including phenoxy) is 3. The molecule has 0 saturated carbocycles. The summed E-state index contributed by atoms with van der Waals surface area (Å²) in [6.45, 7) is 1.99. The quantitative estimate of drug-likeness (QED) is 0.517. The lowest BCUT2D eigenvalue weighted by Gasteiger charge is -2.27. The van der Waals surface area contributed by atoms with Crippen LogP contribution in [0.5, 0.6) is 17.2 Å². The molecule has 0 bridgehead atoms. The SMILES string of the molecule is COc1cccc(CN(C[C@@H]2CC(c3ccc4c(c3)OCO4)=NO2)C[C@H](O)c2ccccc2)c1. The van der Waals surface area contributed by atoms with Crippen LogP contribution in [-0.2, 0) is 11.4 Å². The van der Waals surface area contributed by atoms with Crippen LogP contribution in [0.4, 0.5) is 0 Å². The largest absolute Gasteiger partial charge is 0.497 e. The molecule has 3 aromatic carbocycles. The van der Waals surface area contributed by atoms with Crippen molar-refractivity contribution in [2.45, 2.75) is 25.2 Å². The molecule has 0 unspecified atom stereocenters. The van der Waals surface area contributed by atoms with Gasteiger partial charge in [-0.2, -0.15) is 0 Å². The van der Waals surface area contributed by atoms with Crippen LogP contribution in [0.3, 0.4) is 0 Å². The van der Waals surface area contributed by atoms with E-state index in [-0.39, 0.29) is 12.9 Å². The summed E-state index contributed by atoms with van der Waals surface area (Å²) < 4.78 is 16.3. The highest BCUT2D eigenvalue weighted by Crippen LogP contribution is 2.34. The summed E-state index contributed by atoms with van der Waals surface area (Å²) in [5, 5.41) is 15.3. The van der Waals surface area contributed by atoms with Gasteiger partial charge in [-0.15, -0.1) is 0 Å². The van der Waals surface area contributed by atoms with Gasteiger partial charge in [0, 0.05) is 31.6 Å². The number of fused-ring (bicyclic) bond motifs is 1. The first-order valence-electron chi connectivity index (χ1n) is 11.4. The van der Waals surface area contributed by atoms with E-state index >= 15 is 0 Å². The predicted octanol–water partition coefficient (Wildman–Crippen LogP) is 4.15. The second-order valence-corrected chi connectivity index (χ2v) is 8.51. The molecule has 0 amide bonds. The first-order valence-corrected chi connectivity index (χ1v) is 11.4. The molecule has 7 heteroatoms. The molecule has 2 aliphatic rings. The Morgan fingerprint density at radius 3 is 2.74 bits per heavy atom. The highest BCUT2D eigenvalue weighted by molar-refractivity contribution is 6.01. The second kappa shape index (κ2) is 10.2. The van der Waals surface area contributed by atoms with Crippen molar-refractivity contribution in [1.82, 2.24) is 4.90 Å². The Bertz CT molecular complexity index is 1150. The standard InChI is InChI=1S/C27H28N2O5/c1-31-22-9-5-6-19(12-22)15-29(17-25(30)20-7-3-2-4-8-20)16-23-14-24(28-34-23)21-10-11-26-27(13-21)33-18-32-26/h2-13,23,25,30H,14-18H2,1H3/t23-,25-/m0/s1. The van der Waals surface area contributed by atoms with Crippen molar-refractivity contribution in [3.8, 4) is 17.2 Å². The minimum atomic E-state index is -0.609. The maximum absolute atomic E-state index is 10.9. The van der Waals surface area contributed by atoms with Crippen molar-refractivity contribution in [2.24, 2.45) is 5.16 Å². The summed E-state index contributed by atoms with van der Waals surface area (Å²) in [5.41, 5.74) is 3.85. The molecule has 2 heterocycles. The number of nitrogens with zero attached hydrogens (tertiary/aromatic N) is 2. The van der Waals surface area contributed by atoms with Gasteiger partial charge in [-0.1, -0.05) is 47.6 Å². The minimum absolute atomic E-state index is 0.117. The van der Waals surface area contributed by atoms with Crippen LogP contribution in [0.25, 0.3) is 0 Å². The zero-order valence-corrected chi connectivity index (χ0v) is 19.1. The number of benzene rings is 3. The van der Waals surface area contributed by atoms with Gasteiger partial charge in [0.15, 0.2) is 11.5 Å². The van der Waals surface area contributed by atoms with Crippen molar-refractivity contribution in [2.75, 3.05) is 27.0 Å². The topological polar surface area (TPSA) is 72.8 Å². The fraction of sp³-hybridized carbons (Fsp3) is 0.296. The number of rotatable bonds is 9. The van der Waals surface area contributed by atoms with Crippen LogP contribution < -0.4 is 14.2 Å².